The van der Waals surface area contributed by atoms with Crippen LogP contribution >= 0.6 is 22.7 Å². The van der Waals surface area contributed by atoms with Crippen molar-refractivity contribution in [2.45, 2.75) is 19.9 Å². The molecule has 2 rings (SSSR count). The van der Waals surface area contributed by atoms with Crippen molar-refractivity contribution in [2.75, 3.05) is 12.8 Å². The lowest BCUT2D eigenvalue weighted by atomic mass is 10.3. The van der Waals surface area contributed by atoms with Crippen LogP contribution in [0.3, 0.4) is 0 Å². The molecule has 0 aliphatic carbocycles. The zero-order valence-electron chi connectivity index (χ0n) is 10.2. The number of nitrogens with zero attached hydrogens (tertiary/aromatic N) is 3. The molecule has 0 bridgehead atoms. The second-order valence-electron chi connectivity index (χ2n) is 3.95. The van der Waals surface area contributed by atoms with Crippen LogP contribution in [0, 0.1) is 6.92 Å². The molecule has 2 N–H and O–H groups in total. The van der Waals surface area contributed by atoms with Gasteiger partial charge in [-0.1, -0.05) is 0 Å². The van der Waals surface area contributed by atoms with Gasteiger partial charge < -0.3 is 10.6 Å². The molecule has 5 nitrogen and oxygen atoms in total. The summed E-state index contributed by atoms with van der Waals surface area (Å²) in [5.41, 5.74) is 6.26. The summed E-state index contributed by atoms with van der Waals surface area (Å²) in [7, 11) is 1.78. The van der Waals surface area contributed by atoms with E-state index in [0.717, 1.165) is 15.6 Å². The van der Waals surface area contributed by atoms with E-state index in [1.165, 1.54) is 11.3 Å². The third-order valence-corrected chi connectivity index (χ3v) is 4.01. The molecule has 0 saturated carbocycles. The van der Waals surface area contributed by atoms with Gasteiger partial charge >= 0.3 is 0 Å². The van der Waals surface area contributed by atoms with E-state index < -0.39 is 0 Å². The average molecular weight is 282 g/mol. The molecule has 7 heteroatoms. The molecule has 0 unspecified atom stereocenters. The largest absolute Gasteiger partial charge is 0.375 e. The third kappa shape index (κ3) is 3.27. The van der Waals surface area contributed by atoms with Crippen LogP contribution in [0.15, 0.2) is 11.6 Å². The van der Waals surface area contributed by atoms with Crippen LogP contribution in [0.5, 0.6) is 0 Å². The van der Waals surface area contributed by atoms with Gasteiger partial charge in [0.2, 0.25) is 5.91 Å². The van der Waals surface area contributed by atoms with E-state index in [0.29, 0.717) is 18.1 Å². The second kappa shape index (κ2) is 5.45. The first-order valence-corrected chi connectivity index (χ1v) is 7.09. The minimum absolute atomic E-state index is 0.0337. The summed E-state index contributed by atoms with van der Waals surface area (Å²) in [6.07, 6.45) is 2.10. The highest BCUT2D eigenvalue weighted by molar-refractivity contribution is 7.13. The number of anilines is 1. The van der Waals surface area contributed by atoms with Crippen LogP contribution in [0.4, 0.5) is 5.13 Å². The molecule has 0 atom stereocenters. The number of rotatable bonds is 4. The molecule has 0 radical (unpaired) electrons. The van der Waals surface area contributed by atoms with E-state index in [9.17, 15) is 4.79 Å². The number of carbonyl (C=O) groups is 1. The quantitative estimate of drug-likeness (QED) is 0.926. The smallest absolute Gasteiger partial charge is 0.228 e. The zero-order valence-corrected chi connectivity index (χ0v) is 11.8. The maximum absolute atomic E-state index is 12.0. The number of likely N-dealkylation sites (N-methyl/N-ethyl adjacent to an activating group) is 1. The number of aromatic nitrogens is 2. The van der Waals surface area contributed by atoms with Crippen LogP contribution in [0.2, 0.25) is 0 Å². The monoisotopic (exact) mass is 282 g/mol. The van der Waals surface area contributed by atoms with Gasteiger partial charge in [-0.15, -0.1) is 22.7 Å². The molecular weight excluding hydrogens is 268 g/mol. The molecule has 1 amide bonds. The van der Waals surface area contributed by atoms with Gasteiger partial charge in [0, 0.05) is 23.5 Å². The number of aryl methyl sites for hydroxylation is 1. The number of amides is 1. The second-order valence-corrected chi connectivity index (χ2v) is 6.16. The molecule has 0 aliphatic heterocycles. The number of thiazole rings is 2. The molecule has 0 aliphatic rings. The molecule has 18 heavy (non-hydrogen) atoms. The van der Waals surface area contributed by atoms with Gasteiger partial charge in [0.05, 0.1) is 23.7 Å². The standard InChI is InChI=1S/C11H14N4OS2/c1-7-13-4-9(18-7)5-15(2)10(16)3-8-6-17-11(12)14-8/h4,6H,3,5H2,1-2H3,(H2,12,14). The van der Waals surface area contributed by atoms with Gasteiger partial charge in [-0.3, -0.25) is 4.79 Å². The van der Waals surface area contributed by atoms with Crippen molar-refractivity contribution in [3.8, 4) is 0 Å². The highest BCUT2D eigenvalue weighted by Gasteiger charge is 2.13. The predicted molar refractivity (Wildman–Crippen MR) is 73.6 cm³/mol. The van der Waals surface area contributed by atoms with E-state index >= 15 is 0 Å². The summed E-state index contributed by atoms with van der Waals surface area (Å²) in [6, 6.07) is 0. The van der Waals surface area contributed by atoms with Gasteiger partial charge in [0.15, 0.2) is 5.13 Å². The van der Waals surface area contributed by atoms with Crippen molar-refractivity contribution in [1.29, 1.82) is 0 Å². The van der Waals surface area contributed by atoms with Crippen LogP contribution in [-0.2, 0) is 17.8 Å². The number of hydrogen-bond acceptors (Lipinski definition) is 6. The Morgan fingerprint density at radius 2 is 2.33 bits per heavy atom. The average Bonchev–Trinajstić information content (AvgIpc) is 2.88. The first-order valence-electron chi connectivity index (χ1n) is 5.39. The molecule has 2 heterocycles. The van der Waals surface area contributed by atoms with Gasteiger partial charge in [0.1, 0.15) is 0 Å². The van der Waals surface area contributed by atoms with E-state index in [-0.39, 0.29) is 5.91 Å². The molecule has 96 valence electrons. The number of nitrogens with two attached hydrogens (primary N) is 1. The Kier molecular flexibility index (Phi) is 3.93. The van der Waals surface area contributed by atoms with E-state index in [4.69, 9.17) is 5.73 Å². The Morgan fingerprint density at radius 1 is 1.56 bits per heavy atom. The lowest BCUT2D eigenvalue weighted by Gasteiger charge is -2.15. The highest BCUT2D eigenvalue weighted by Crippen LogP contribution is 2.15. The Bertz CT molecular complexity index is 549. The molecule has 0 saturated heterocycles. The van der Waals surface area contributed by atoms with Crippen molar-refractivity contribution in [3.05, 3.63) is 27.2 Å². The maximum atomic E-state index is 12.0. The van der Waals surface area contributed by atoms with E-state index in [1.807, 2.05) is 18.5 Å². The number of nitrogen functional groups attached to an aromatic ring is 1. The van der Waals surface area contributed by atoms with Crippen molar-refractivity contribution < 1.29 is 4.79 Å². The van der Waals surface area contributed by atoms with Crippen molar-refractivity contribution in [3.63, 3.8) is 0 Å². The minimum atomic E-state index is 0.0337. The summed E-state index contributed by atoms with van der Waals surface area (Å²) < 4.78 is 0. The van der Waals surface area contributed by atoms with E-state index in [1.54, 1.807) is 23.3 Å². The van der Waals surface area contributed by atoms with Crippen LogP contribution in [0.25, 0.3) is 0 Å². The molecule has 2 aromatic heterocycles. The maximum Gasteiger partial charge on any atom is 0.228 e. The fourth-order valence-electron chi connectivity index (χ4n) is 1.49. The Hall–Kier alpha value is -1.47. The van der Waals surface area contributed by atoms with Gasteiger partial charge in [-0.2, -0.15) is 0 Å². The fraction of sp³-hybridized carbons (Fsp3) is 0.364. The SMILES string of the molecule is Cc1ncc(CN(C)C(=O)Cc2csc(N)n2)s1. The Morgan fingerprint density at radius 3 is 2.89 bits per heavy atom. The summed E-state index contributed by atoms with van der Waals surface area (Å²) in [4.78, 5) is 23.0. The topological polar surface area (TPSA) is 72.1 Å². The van der Waals surface area contributed by atoms with Crippen LogP contribution < -0.4 is 5.73 Å². The summed E-state index contributed by atoms with van der Waals surface area (Å²) in [6.45, 7) is 2.54. The first kappa shape index (κ1) is 13.0. The highest BCUT2D eigenvalue weighted by atomic mass is 32.1. The van der Waals surface area contributed by atoms with Gasteiger partial charge in [-0.25, -0.2) is 9.97 Å². The number of carbonyl (C=O) groups excluding carboxylic acids is 1. The first-order chi connectivity index (χ1) is 8.54. The zero-order chi connectivity index (χ0) is 13.1. The summed E-state index contributed by atoms with van der Waals surface area (Å²) in [5, 5.41) is 3.33. The molecule has 2 aromatic rings. The van der Waals surface area contributed by atoms with Gasteiger partial charge in [0.25, 0.3) is 0 Å². The third-order valence-electron chi connectivity index (χ3n) is 2.39. The fourth-order valence-corrected chi connectivity index (χ4v) is 2.91. The van der Waals surface area contributed by atoms with Gasteiger partial charge in [-0.05, 0) is 6.92 Å². The molecule has 0 spiro atoms. The molecular formula is C11H14N4OS2. The van der Waals surface area contributed by atoms with E-state index in [2.05, 4.69) is 9.97 Å². The van der Waals surface area contributed by atoms with Crippen molar-refractivity contribution >= 4 is 33.7 Å². The number of hydrogen-bond donors (Lipinski definition) is 1. The van der Waals surface area contributed by atoms with Crippen LogP contribution in [0.1, 0.15) is 15.6 Å². The summed E-state index contributed by atoms with van der Waals surface area (Å²) >= 11 is 2.96. The minimum Gasteiger partial charge on any atom is -0.375 e. The lowest BCUT2D eigenvalue weighted by molar-refractivity contribution is -0.129. The predicted octanol–water partition coefficient (Wildman–Crippen LogP) is 1.69. The van der Waals surface area contributed by atoms with Crippen LogP contribution in [-0.4, -0.2) is 27.8 Å². The van der Waals surface area contributed by atoms with Crippen molar-refractivity contribution in [1.82, 2.24) is 14.9 Å². The van der Waals surface area contributed by atoms with Crippen molar-refractivity contribution in [2.24, 2.45) is 0 Å². The Balaban J connectivity index is 1.92. The normalized spacial score (nSPS) is 10.6. The summed E-state index contributed by atoms with van der Waals surface area (Å²) in [5.74, 6) is 0.0337. The lowest BCUT2D eigenvalue weighted by Crippen LogP contribution is -2.27. The Labute approximate surface area is 113 Å². The molecule has 0 fully saturated rings. The molecule has 0 aromatic carbocycles.